The van der Waals surface area contributed by atoms with Crippen molar-refractivity contribution in [1.82, 2.24) is 4.90 Å². The molecule has 0 aromatic heterocycles. The van der Waals surface area contributed by atoms with Crippen LogP contribution in [-0.4, -0.2) is 37.0 Å². The zero-order valence-electron chi connectivity index (χ0n) is 14.5. The number of morpholine rings is 1. The fraction of sp³-hybridized carbons (Fsp3) is 0.227. The van der Waals surface area contributed by atoms with Crippen molar-refractivity contribution in [2.75, 3.05) is 26.3 Å². The molecule has 0 saturated carbocycles. The first-order chi connectivity index (χ1) is 12.3. The van der Waals surface area contributed by atoms with E-state index in [1.54, 1.807) is 6.08 Å². The lowest BCUT2D eigenvalue weighted by molar-refractivity contribution is 0.0639. The molecule has 0 spiro atoms. The van der Waals surface area contributed by atoms with Crippen LogP contribution in [-0.2, 0) is 4.74 Å². The van der Waals surface area contributed by atoms with E-state index in [-0.39, 0.29) is 5.78 Å². The molecule has 0 aliphatic carbocycles. The normalized spacial score (nSPS) is 15.6. The molecule has 1 fully saturated rings. The Hall–Kier alpha value is -2.65. The Morgan fingerprint density at radius 1 is 1.00 bits per heavy atom. The van der Waals surface area contributed by atoms with E-state index in [1.165, 1.54) is 11.1 Å². The average molecular weight is 333 g/mol. The van der Waals surface area contributed by atoms with Crippen LogP contribution in [0, 0.1) is 6.92 Å². The Morgan fingerprint density at radius 3 is 2.40 bits per heavy atom. The van der Waals surface area contributed by atoms with Crippen LogP contribution in [0.2, 0.25) is 0 Å². The van der Waals surface area contributed by atoms with Crippen molar-refractivity contribution in [3.05, 3.63) is 89.5 Å². The van der Waals surface area contributed by atoms with Gasteiger partial charge in [-0.3, -0.25) is 4.79 Å². The number of allylic oxidation sites excluding steroid dienone is 3. The summed E-state index contributed by atoms with van der Waals surface area (Å²) in [4.78, 5) is 14.6. The van der Waals surface area contributed by atoms with Gasteiger partial charge in [-0.25, -0.2) is 0 Å². The molecule has 0 unspecified atom stereocenters. The topological polar surface area (TPSA) is 29.5 Å². The van der Waals surface area contributed by atoms with E-state index >= 15 is 0 Å². The van der Waals surface area contributed by atoms with E-state index in [4.69, 9.17) is 4.74 Å². The van der Waals surface area contributed by atoms with Crippen molar-refractivity contribution in [3.8, 4) is 0 Å². The molecule has 25 heavy (non-hydrogen) atoms. The predicted molar refractivity (Wildman–Crippen MR) is 101 cm³/mol. The number of carbonyl (C=O) groups is 1. The maximum Gasteiger partial charge on any atom is 0.185 e. The SMILES string of the molecule is Cc1ccccc1/C(=C\C=C\C(=O)c1ccccc1)N1CCOCC1. The standard InChI is InChI=1S/C22H23NO2/c1-18-8-5-6-11-20(18)21(23-14-16-25-17-15-23)12-7-13-22(24)19-9-3-2-4-10-19/h2-13H,14-17H2,1H3/b13-7+,21-12+. The number of aryl methyl sites for hydroxylation is 1. The molecular weight excluding hydrogens is 310 g/mol. The number of nitrogens with zero attached hydrogens (tertiary/aromatic N) is 1. The summed E-state index contributed by atoms with van der Waals surface area (Å²) in [6.07, 6.45) is 5.52. The summed E-state index contributed by atoms with van der Waals surface area (Å²) < 4.78 is 5.48. The molecule has 3 heteroatoms. The Kier molecular flexibility index (Phi) is 5.81. The van der Waals surface area contributed by atoms with Gasteiger partial charge in [0.2, 0.25) is 0 Å². The third-order valence-corrected chi connectivity index (χ3v) is 4.33. The lowest BCUT2D eigenvalue weighted by Crippen LogP contribution is -2.35. The largest absolute Gasteiger partial charge is 0.378 e. The van der Waals surface area contributed by atoms with Crippen LogP contribution in [0.15, 0.2) is 72.8 Å². The number of ketones is 1. The van der Waals surface area contributed by atoms with E-state index in [1.807, 2.05) is 48.6 Å². The molecule has 1 heterocycles. The van der Waals surface area contributed by atoms with Crippen molar-refractivity contribution in [2.24, 2.45) is 0 Å². The fourth-order valence-electron chi connectivity index (χ4n) is 2.96. The lowest BCUT2D eigenvalue weighted by Gasteiger charge is -2.31. The zero-order valence-corrected chi connectivity index (χ0v) is 14.5. The van der Waals surface area contributed by atoms with E-state index in [2.05, 4.69) is 30.0 Å². The molecule has 0 N–H and O–H groups in total. The highest BCUT2D eigenvalue weighted by atomic mass is 16.5. The van der Waals surface area contributed by atoms with Crippen LogP contribution in [0.1, 0.15) is 21.5 Å². The summed E-state index contributed by atoms with van der Waals surface area (Å²) in [6.45, 7) is 5.30. The highest BCUT2D eigenvalue weighted by Crippen LogP contribution is 2.23. The first-order valence-electron chi connectivity index (χ1n) is 8.62. The third kappa shape index (κ3) is 4.46. The zero-order chi connectivity index (χ0) is 17.5. The molecule has 3 rings (SSSR count). The summed E-state index contributed by atoms with van der Waals surface area (Å²) in [5, 5.41) is 0. The molecule has 2 aromatic rings. The summed E-state index contributed by atoms with van der Waals surface area (Å²) in [5.74, 6) is 0.0166. The first-order valence-corrected chi connectivity index (χ1v) is 8.62. The maximum atomic E-state index is 12.3. The quantitative estimate of drug-likeness (QED) is 0.468. The van der Waals surface area contributed by atoms with E-state index in [0.29, 0.717) is 5.56 Å². The molecule has 0 atom stereocenters. The molecule has 0 amide bonds. The van der Waals surface area contributed by atoms with Gasteiger partial charge in [-0.15, -0.1) is 0 Å². The first kappa shape index (κ1) is 17.2. The summed E-state index contributed by atoms with van der Waals surface area (Å²) in [5.41, 5.74) is 4.26. The molecular formula is C22H23NO2. The second-order valence-electron chi connectivity index (χ2n) is 6.06. The highest BCUT2D eigenvalue weighted by molar-refractivity contribution is 6.04. The van der Waals surface area contributed by atoms with Crippen molar-refractivity contribution < 1.29 is 9.53 Å². The van der Waals surface area contributed by atoms with Gasteiger partial charge in [-0.05, 0) is 24.6 Å². The number of carbonyl (C=O) groups excluding carboxylic acids is 1. The van der Waals surface area contributed by atoms with Crippen molar-refractivity contribution in [1.29, 1.82) is 0 Å². The van der Waals surface area contributed by atoms with Gasteiger partial charge in [0, 0.05) is 29.9 Å². The Bertz CT molecular complexity index is 772. The van der Waals surface area contributed by atoms with Gasteiger partial charge in [0.25, 0.3) is 0 Å². The Balaban J connectivity index is 1.86. The second kappa shape index (κ2) is 8.45. The molecule has 3 nitrogen and oxygen atoms in total. The van der Waals surface area contributed by atoms with Crippen LogP contribution in [0.5, 0.6) is 0 Å². The third-order valence-electron chi connectivity index (χ3n) is 4.33. The van der Waals surface area contributed by atoms with E-state index in [9.17, 15) is 4.79 Å². The van der Waals surface area contributed by atoms with Crippen molar-refractivity contribution >= 4 is 11.5 Å². The molecule has 1 saturated heterocycles. The van der Waals surface area contributed by atoms with Gasteiger partial charge in [0.15, 0.2) is 5.78 Å². The number of benzene rings is 2. The predicted octanol–water partition coefficient (Wildman–Crippen LogP) is 4.11. The Morgan fingerprint density at radius 2 is 1.68 bits per heavy atom. The smallest absolute Gasteiger partial charge is 0.185 e. The van der Waals surface area contributed by atoms with Crippen molar-refractivity contribution in [3.63, 3.8) is 0 Å². The number of hydrogen-bond acceptors (Lipinski definition) is 3. The minimum Gasteiger partial charge on any atom is -0.378 e. The van der Waals surface area contributed by atoms with Crippen LogP contribution < -0.4 is 0 Å². The molecule has 2 aromatic carbocycles. The van der Waals surface area contributed by atoms with Crippen LogP contribution in [0.4, 0.5) is 0 Å². The van der Waals surface area contributed by atoms with Gasteiger partial charge >= 0.3 is 0 Å². The molecule has 0 bridgehead atoms. The van der Waals surface area contributed by atoms with Gasteiger partial charge in [0.1, 0.15) is 0 Å². The highest BCUT2D eigenvalue weighted by Gasteiger charge is 2.16. The average Bonchev–Trinajstić information content (AvgIpc) is 2.67. The van der Waals surface area contributed by atoms with Gasteiger partial charge in [0.05, 0.1) is 13.2 Å². The second-order valence-corrected chi connectivity index (χ2v) is 6.06. The van der Waals surface area contributed by atoms with Gasteiger partial charge < -0.3 is 9.64 Å². The lowest BCUT2D eigenvalue weighted by atomic mass is 10.0. The summed E-state index contributed by atoms with van der Waals surface area (Å²) in [6, 6.07) is 17.7. The van der Waals surface area contributed by atoms with E-state index in [0.717, 1.165) is 32.0 Å². The fourth-order valence-corrected chi connectivity index (χ4v) is 2.96. The molecule has 1 aliphatic rings. The van der Waals surface area contributed by atoms with Crippen LogP contribution >= 0.6 is 0 Å². The number of hydrogen-bond donors (Lipinski definition) is 0. The monoisotopic (exact) mass is 333 g/mol. The van der Waals surface area contributed by atoms with E-state index < -0.39 is 0 Å². The number of rotatable bonds is 5. The molecule has 1 aliphatic heterocycles. The Labute approximate surface area is 149 Å². The molecule has 128 valence electrons. The van der Waals surface area contributed by atoms with Crippen LogP contribution in [0.3, 0.4) is 0 Å². The minimum atomic E-state index is 0.0166. The van der Waals surface area contributed by atoms with Crippen LogP contribution in [0.25, 0.3) is 5.70 Å². The minimum absolute atomic E-state index is 0.0166. The van der Waals surface area contributed by atoms with Gasteiger partial charge in [-0.2, -0.15) is 0 Å². The summed E-state index contributed by atoms with van der Waals surface area (Å²) in [7, 11) is 0. The molecule has 0 radical (unpaired) electrons. The van der Waals surface area contributed by atoms with Gasteiger partial charge in [-0.1, -0.05) is 60.7 Å². The maximum absolute atomic E-state index is 12.3. The van der Waals surface area contributed by atoms with Crippen molar-refractivity contribution in [2.45, 2.75) is 6.92 Å². The number of ether oxygens (including phenoxy) is 1. The summed E-state index contributed by atoms with van der Waals surface area (Å²) >= 11 is 0.